The number of aromatic nitrogens is 2. The van der Waals surface area contributed by atoms with Gasteiger partial charge in [-0.25, -0.2) is 9.97 Å². The summed E-state index contributed by atoms with van der Waals surface area (Å²) in [4.78, 5) is 8.47. The first-order valence-electron chi connectivity index (χ1n) is 6.00. The molecule has 106 valence electrons. The first-order chi connectivity index (χ1) is 9.58. The molecule has 0 amide bonds. The zero-order chi connectivity index (χ0) is 14.7. The van der Waals surface area contributed by atoms with E-state index in [4.69, 9.17) is 23.2 Å². The summed E-state index contributed by atoms with van der Waals surface area (Å²) in [5, 5.41) is 7.18. The third kappa shape index (κ3) is 3.00. The summed E-state index contributed by atoms with van der Waals surface area (Å²) in [5.41, 5.74) is 1.69. The van der Waals surface area contributed by atoms with E-state index in [9.17, 15) is 0 Å². The van der Waals surface area contributed by atoms with Crippen LogP contribution in [0.5, 0.6) is 0 Å². The van der Waals surface area contributed by atoms with Gasteiger partial charge in [0.15, 0.2) is 0 Å². The molecule has 1 aromatic carbocycles. The second kappa shape index (κ2) is 6.61. The fourth-order valence-corrected chi connectivity index (χ4v) is 2.64. The zero-order valence-electron chi connectivity index (χ0n) is 11.0. The van der Waals surface area contributed by atoms with Crippen LogP contribution in [-0.4, -0.2) is 17.0 Å². The molecular formula is C13H13BrCl2N4. The van der Waals surface area contributed by atoms with Gasteiger partial charge in [-0.05, 0) is 34.5 Å². The van der Waals surface area contributed by atoms with Gasteiger partial charge in [-0.3, -0.25) is 0 Å². The van der Waals surface area contributed by atoms with Crippen LogP contribution in [0.4, 0.5) is 17.3 Å². The Bertz CT molecular complexity index is 634. The van der Waals surface area contributed by atoms with Crippen LogP contribution in [0, 0.1) is 0 Å². The summed E-state index contributed by atoms with van der Waals surface area (Å²) in [5.74, 6) is 1.51. The van der Waals surface area contributed by atoms with Crippen LogP contribution in [0.1, 0.15) is 12.5 Å². The topological polar surface area (TPSA) is 49.8 Å². The molecule has 1 heterocycles. The maximum atomic E-state index is 6.23. The van der Waals surface area contributed by atoms with Gasteiger partial charge in [0.2, 0.25) is 0 Å². The summed E-state index contributed by atoms with van der Waals surface area (Å²) >= 11 is 15.7. The van der Waals surface area contributed by atoms with Crippen molar-refractivity contribution in [1.82, 2.24) is 9.97 Å². The van der Waals surface area contributed by atoms with Crippen molar-refractivity contribution in [2.75, 3.05) is 17.7 Å². The van der Waals surface area contributed by atoms with Crippen LogP contribution in [-0.2, 0) is 6.42 Å². The number of anilines is 3. The van der Waals surface area contributed by atoms with Gasteiger partial charge in [0.1, 0.15) is 18.0 Å². The fourth-order valence-electron chi connectivity index (χ4n) is 1.82. The number of benzene rings is 1. The highest BCUT2D eigenvalue weighted by Gasteiger charge is 2.13. The second-order valence-electron chi connectivity index (χ2n) is 4.00. The summed E-state index contributed by atoms with van der Waals surface area (Å²) in [6.45, 7) is 2.04. The van der Waals surface area contributed by atoms with Crippen molar-refractivity contribution in [2.24, 2.45) is 0 Å². The summed E-state index contributed by atoms with van der Waals surface area (Å²) in [6, 6.07) is 3.68. The van der Waals surface area contributed by atoms with Gasteiger partial charge in [-0.15, -0.1) is 0 Å². The molecular weight excluding hydrogens is 363 g/mol. The molecule has 2 N–H and O–H groups in total. The summed E-state index contributed by atoms with van der Waals surface area (Å²) < 4.78 is 0.754. The normalized spacial score (nSPS) is 10.4. The van der Waals surface area contributed by atoms with Crippen molar-refractivity contribution in [1.29, 1.82) is 0 Å². The molecule has 0 unspecified atom stereocenters. The van der Waals surface area contributed by atoms with Gasteiger partial charge < -0.3 is 10.6 Å². The fraction of sp³-hybridized carbons (Fsp3) is 0.231. The predicted molar refractivity (Wildman–Crippen MR) is 88.4 cm³/mol. The molecule has 0 saturated heterocycles. The van der Waals surface area contributed by atoms with Crippen LogP contribution in [0.15, 0.2) is 22.9 Å². The molecule has 20 heavy (non-hydrogen) atoms. The van der Waals surface area contributed by atoms with E-state index in [2.05, 4.69) is 36.5 Å². The Kier molecular flexibility index (Phi) is 5.07. The molecule has 0 atom stereocenters. The molecule has 0 fully saturated rings. The van der Waals surface area contributed by atoms with E-state index in [0.717, 1.165) is 22.3 Å². The molecule has 4 nitrogen and oxygen atoms in total. The lowest BCUT2D eigenvalue weighted by Crippen LogP contribution is -2.05. The van der Waals surface area contributed by atoms with Gasteiger partial charge >= 0.3 is 0 Å². The maximum Gasteiger partial charge on any atom is 0.139 e. The monoisotopic (exact) mass is 374 g/mol. The Balaban J connectivity index is 2.43. The average Bonchev–Trinajstić information content (AvgIpc) is 2.47. The van der Waals surface area contributed by atoms with E-state index in [1.807, 2.05) is 26.1 Å². The van der Waals surface area contributed by atoms with Crippen LogP contribution in [0.25, 0.3) is 0 Å². The van der Waals surface area contributed by atoms with Gasteiger partial charge in [-0.1, -0.05) is 30.1 Å². The lowest BCUT2D eigenvalue weighted by Gasteiger charge is -2.14. The Morgan fingerprint density at radius 1 is 1.15 bits per heavy atom. The average molecular weight is 376 g/mol. The number of nitrogens with one attached hydrogen (secondary N) is 2. The van der Waals surface area contributed by atoms with Crippen molar-refractivity contribution in [3.8, 4) is 0 Å². The highest BCUT2D eigenvalue weighted by Crippen LogP contribution is 2.37. The van der Waals surface area contributed by atoms with E-state index in [1.54, 1.807) is 0 Å². The van der Waals surface area contributed by atoms with Crippen molar-refractivity contribution in [3.05, 3.63) is 38.5 Å². The standard InChI is InChI=1S/C13H13BrCl2N4/c1-3-7-12(17-2)18-6-19-13(7)20-9-5-4-8(14)10(15)11(9)16/h4-6H,3H2,1-2H3,(H2,17,18,19,20). The number of hydrogen-bond donors (Lipinski definition) is 2. The number of hydrogen-bond acceptors (Lipinski definition) is 4. The smallest absolute Gasteiger partial charge is 0.139 e. The zero-order valence-corrected chi connectivity index (χ0v) is 14.1. The molecule has 0 aliphatic heterocycles. The highest BCUT2D eigenvalue weighted by atomic mass is 79.9. The van der Waals surface area contributed by atoms with Crippen molar-refractivity contribution >= 4 is 56.5 Å². The van der Waals surface area contributed by atoms with Crippen LogP contribution >= 0.6 is 39.1 Å². The van der Waals surface area contributed by atoms with Crippen molar-refractivity contribution in [3.63, 3.8) is 0 Å². The second-order valence-corrected chi connectivity index (χ2v) is 5.61. The van der Waals surface area contributed by atoms with E-state index >= 15 is 0 Å². The molecule has 2 aromatic rings. The van der Waals surface area contributed by atoms with Crippen molar-refractivity contribution < 1.29 is 0 Å². The lowest BCUT2D eigenvalue weighted by atomic mass is 10.2. The number of halogens is 3. The van der Waals surface area contributed by atoms with Gasteiger partial charge in [0.25, 0.3) is 0 Å². The predicted octanol–water partition coefficient (Wildman–Crippen LogP) is 4.89. The third-order valence-electron chi connectivity index (χ3n) is 2.82. The molecule has 0 spiro atoms. The Morgan fingerprint density at radius 2 is 1.85 bits per heavy atom. The lowest BCUT2D eigenvalue weighted by molar-refractivity contribution is 1.05. The first kappa shape index (κ1) is 15.4. The maximum absolute atomic E-state index is 6.23. The molecule has 7 heteroatoms. The molecule has 0 aliphatic carbocycles. The minimum atomic E-state index is 0.452. The summed E-state index contributed by atoms with van der Waals surface area (Å²) in [7, 11) is 1.83. The number of rotatable bonds is 4. The number of nitrogens with zero attached hydrogens (tertiary/aromatic N) is 2. The highest BCUT2D eigenvalue weighted by molar-refractivity contribution is 9.10. The van der Waals surface area contributed by atoms with Crippen LogP contribution < -0.4 is 10.6 Å². The molecule has 2 rings (SSSR count). The largest absolute Gasteiger partial charge is 0.373 e. The third-order valence-corrected chi connectivity index (χ3v) is 4.59. The first-order valence-corrected chi connectivity index (χ1v) is 7.55. The van der Waals surface area contributed by atoms with E-state index in [-0.39, 0.29) is 0 Å². The molecule has 0 saturated carbocycles. The summed E-state index contributed by atoms with van der Waals surface area (Å²) in [6.07, 6.45) is 2.29. The molecule has 1 aromatic heterocycles. The quantitative estimate of drug-likeness (QED) is 0.746. The van der Waals surface area contributed by atoms with Crippen molar-refractivity contribution in [2.45, 2.75) is 13.3 Å². The minimum Gasteiger partial charge on any atom is -0.373 e. The van der Waals surface area contributed by atoms with E-state index < -0.39 is 0 Å². The Labute approximate surface area is 136 Å². The van der Waals surface area contributed by atoms with Crippen LogP contribution in [0.2, 0.25) is 10.0 Å². The Hall–Kier alpha value is -1.04. The van der Waals surface area contributed by atoms with Gasteiger partial charge in [0, 0.05) is 17.1 Å². The van der Waals surface area contributed by atoms with Crippen LogP contribution in [0.3, 0.4) is 0 Å². The Morgan fingerprint density at radius 3 is 2.50 bits per heavy atom. The SMILES string of the molecule is CCc1c(NC)ncnc1Nc1ccc(Br)c(Cl)c1Cl. The molecule has 0 aliphatic rings. The van der Waals surface area contributed by atoms with E-state index in [0.29, 0.717) is 21.6 Å². The van der Waals surface area contributed by atoms with E-state index in [1.165, 1.54) is 6.33 Å². The van der Waals surface area contributed by atoms with Gasteiger partial charge in [0.05, 0.1) is 15.7 Å². The minimum absolute atomic E-state index is 0.452. The molecule has 0 bridgehead atoms. The van der Waals surface area contributed by atoms with Gasteiger partial charge in [-0.2, -0.15) is 0 Å². The molecule has 0 radical (unpaired) electrons.